The van der Waals surface area contributed by atoms with Crippen molar-refractivity contribution in [3.05, 3.63) is 64.9 Å². The molecule has 2 aromatic carbocycles. The van der Waals surface area contributed by atoms with E-state index in [1.54, 1.807) is 19.1 Å². The molecule has 0 unspecified atom stereocenters. The maximum atomic E-state index is 12.6. The molecule has 0 aliphatic carbocycles. The first kappa shape index (κ1) is 22.3. The fraction of sp³-hybridized carbons (Fsp3) is 0.182. The summed E-state index contributed by atoms with van der Waals surface area (Å²) < 4.78 is 10.0. The van der Waals surface area contributed by atoms with Gasteiger partial charge in [-0.25, -0.2) is 14.4 Å². The predicted molar refractivity (Wildman–Crippen MR) is 112 cm³/mol. The number of nitrogens with one attached hydrogen (secondary N) is 2. The third-order valence-corrected chi connectivity index (χ3v) is 4.47. The molecule has 4 N–H and O–H groups in total. The number of ether oxygens (including phenoxy) is 2. The van der Waals surface area contributed by atoms with Crippen molar-refractivity contribution in [1.29, 1.82) is 0 Å². The van der Waals surface area contributed by atoms with E-state index in [-0.39, 0.29) is 22.4 Å². The van der Waals surface area contributed by atoms with Crippen molar-refractivity contribution >= 4 is 35.2 Å². The van der Waals surface area contributed by atoms with E-state index in [9.17, 15) is 24.3 Å². The number of carbonyl (C=O) groups excluding carboxylic acids is 3. The van der Waals surface area contributed by atoms with Gasteiger partial charge in [-0.1, -0.05) is 6.07 Å². The van der Waals surface area contributed by atoms with Crippen LogP contribution in [0.25, 0.3) is 0 Å². The minimum Gasteiger partial charge on any atom is -0.507 e. The summed E-state index contributed by atoms with van der Waals surface area (Å²) >= 11 is 0. The molecule has 0 saturated carbocycles. The SMILES string of the molecule is Cc1ccc(C(=O)Nc2ccc(O)c(C(=O)O)c2)cc1NC=C1C(=O)OC(C)(C)OC1=O. The highest BCUT2D eigenvalue weighted by atomic mass is 16.7. The van der Waals surface area contributed by atoms with Gasteiger partial charge in [0.05, 0.1) is 0 Å². The molecular weight excluding hydrogens is 420 g/mol. The fourth-order valence-corrected chi connectivity index (χ4v) is 2.84. The molecule has 0 aromatic heterocycles. The molecule has 1 amide bonds. The Morgan fingerprint density at radius 2 is 1.69 bits per heavy atom. The molecule has 1 heterocycles. The Balaban J connectivity index is 1.79. The zero-order chi connectivity index (χ0) is 23.6. The Bertz CT molecular complexity index is 1140. The van der Waals surface area contributed by atoms with Crippen LogP contribution in [0, 0.1) is 6.92 Å². The van der Waals surface area contributed by atoms with Gasteiger partial charge in [-0.2, -0.15) is 0 Å². The number of carbonyl (C=O) groups is 4. The smallest absolute Gasteiger partial charge is 0.350 e. The third-order valence-electron chi connectivity index (χ3n) is 4.47. The number of amides is 1. The average Bonchev–Trinajstić information content (AvgIpc) is 2.68. The second-order valence-electron chi connectivity index (χ2n) is 7.40. The van der Waals surface area contributed by atoms with Crippen LogP contribution < -0.4 is 10.6 Å². The van der Waals surface area contributed by atoms with E-state index in [1.807, 2.05) is 0 Å². The van der Waals surface area contributed by atoms with Crippen LogP contribution in [0.15, 0.2) is 48.2 Å². The number of aryl methyl sites for hydroxylation is 1. The number of hydrogen-bond acceptors (Lipinski definition) is 8. The van der Waals surface area contributed by atoms with E-state index >= 15 is 0 Å². The van der Waals surface area contributed by atoms with Crippen LogP contribution >= 0.6 is 0 Å². The normalized spacial score (nSPS) is 14.8. The highest BCUT2D eigenvalue weighted by molar-refractivity contribution is 6.15. The number of benzene rings is 2. The number of carboxylic acid groups (broad SMARTS) is 1. The number of hydrogen-bond donors (Lipinski definition) is 4. The van der Waals surface area contributed by atoms with E-state index in [0.717, 1.165) is 18.3 Å². The molecule has 0 spiro atoms. The summed E-state index contributed by atoms with van der Waals surface area (Å²) in [6.45, 7) is 4.63. The van der Waals surface area contributed by atoms with Crippen molar-refractivity contribution < 1.29 is 38.9 Å². The number of aromatic carboxylic acids is 1. The Morgan fingerprint density at radius 3 is 2.31 bits per heavy atom. The van der Waals surface area contributed by atoms with Crippen LogP contribution in [0.3, 0.4) is 0 Å². The maximum absolute atomic E-state index is 12.6. The minimum absolute atomic E-state index is 0.178. The van der Waals surface area contributed by atoms with E-state index in [4.69, 9.17) is 14.6 Å². The molecule has 0 bridgehead atoms. The summed E-state index contributed by atoms with van der Waals surface area (Å²) in [5.41, 5.74) is 0.870. The van der Waals surface area contributed by atoms with Crippen LogP contribution in [0.4, 0.5) is 11.4 Å². The van der Waals surface area contributed by atoms with Crippen LogP contribution in [-0.2, 0) is 19.1 Å². The lowest BCUT2D eigenvalue weighted by molar-refractivity contribution is -0.222. The number of cyclic esters (lactones) is 2. The van der Waals surface area contributed by atoms with Crippen LogP contribution in [0.2, 0.25) is 0 Å². The van der Waals surface area contributed by atoms with E-state index in [0.29, 0.717) is 11.3 Å². The van der Waals surface area contributed by atoms with Crippen LogP contribution in [0.1, 0.15) is 40.1 Å². The lowest BCUT2D eigenvalue weighted by Gasteiger charge is -2.29. The molecular formula is C22H20N2O8. The first-order chi connectivity index (χ1) is 15.0. The van der Waals surface area contributed by atoms with Gasteiger partial charge in [0, 0.05) is 37.0 Å². The van der Waals surface area contributed by atoms with Crippen LogP contribution in [-0.4, -0.2) is 39.8 Å². The molecule has 0 radical (unpaired) electrons. The lowest BCUT2D eigenvalue weighted by Crippen LogP contribution is -2.42. The standard InChI is InChI=1S/C22H20N2O8/c1-11-4-5-12(18(26)24-13-6-7-17(25)14(9-13)19(27)28)8-16(11)23-10-15-20(29)31-22(2,3)32-21(15)30/h4-10,23,25H,1-3H3,(H,24,26)(H,27,28). The van der Waals surface area contributed by atoms with Gasteiger partial charge < -0.3 is 30.3 Å². The molecule has 1 saturated heterocycles. The molecule has 1 aliphatic rings. The van der Waals surface area contributed by atoms with Gasteiger partial charge in [-0.3, -0.25) is 4.79 Å². The summed E-state index contributed by atoms with van der Waals surface area (Å²) in [6.07, 6.45) is 1.14. The summed E-state index contributed by atoms with van der Waals surface area (Å²) in [7, 11) is 0. The van der Waals surface area contributed by atoms with Gasteiger partial charge >= 0.3 is 17.9 Å². The summed E-state index contributed by atoms with van der Waals surface area (Å²) in [5, 5.41) is 24.0. The molecule has 2 aromatic rings. The molecule has 10 heteroatoms. The largest absolute Gasteiger partial charge is 0.507 e. The fourth-order valence-electron chi connectivity index (χ4n) is 2.84. The molecule has 10 nitrogen and oxygen atoms in total. The number of esters is 2. The second-order valence-corrected chi connectivity index (χ2v) is 7.40. The van der Waals surface area contributed by atoms with Crippen LogP contribution in [0.5, 0.6) is 5.75 Å². The van der Waals surface area contributed by atoms with E-state index in [2.05, 4.69) is 10.6 Å². The third kappa shape index (κ3) is 4.86. The number of rotatable bonds is 5. The number of carboxylic acids is 1. The quantitative estimate of drug-likeness (QED) is 0.238. The highest BCUT2D eigenvalue weighted by Crippen LogP contribution is 2.25. The molecule has 3 rings (SSSR count). The van der Waals surface area contributed by atoms with E-state index < -0.39 is 35.4 Å². The van der Waals surface area contributed by atoms with Crippen molar-refractivity contribution in [2.75, 3.05) is 10.6 Å². The predicted octanol–water partition coefficient (Wildman–Crippen LogP) is 2.78. The number of aromatic hydroxyl groups is 1. The zero-order valence-electron chi connectivity index (χ0n) is 17.4. The first-order valence-corrected chi connectivity index (χ1v) is 9.38. The molecule has 32 heavy (non-hydrogen) atoms. The van der Waals surface area contributed by atoms with Crippen molar-refractivity contribution in [2.45, 2.75) is 26.6 Å². The minimum atomic E-state index is -1.35. The van der Waals surface area contributed by atoms with Gasteiger partial charge in [0.15, 0.2) is 5.57 Å². The van der Waals surface area contributed by atoms with Gasteiger partial charge in [0.25, 0.3) is 11.7 Å². The van der Waals surface area contributed by atoms with Crippen molar-refractivity contribution in [2.24, 2.45) is 0 Å². The van der Waals surface area contributed by atoms with E-state index in [1.165, 1.54) is 26.0 Å². The average molecular weight is 440 g/mol. The number of phenols is 1. The van der Waals surface area contributed by atoms with Gasteiger partial charge in [-0.05, 0) is 42.8 Å². The molecule has 1 fully saturated rings. The Labute approximate surface area is 182 Å². The zero-order valence-corrected chi connectivity index (χ0v) is 17.4. The summed E-state index contributed by atoms with van der Waals surface area (Å²) in [4.78, 5) is 47.9. The number of anilines is 2. The Hall–Kier alpha value is -4.34. The maximum Gasteiger partial charge on any atom is 0.350 e. The second kappa shape index (κ2) is 8.42. The Morgan fingerprint density at radius 1 is 1.03 bits per heavy atom. The Kier molecular flexibility index (Phi) is 5.88. The topological polar surface area (TPSA) is 151 Å². The summed E-state index contributed by atoms with van der Waals surface area (Å²) in [5.74, 6) is -5.33. The van der Waals surface area contributed by atoms with Gasteiger partial charge in [-0.15, -0.1) is 0 Å². The van der Waals surface area contributed by atoms with Crippen molar-refractivity contribution in [3.63, 3.8) is 0 Å². The highest BCUT2D eigenvalue weighted by Gasteiger charge is 2.39. The first-order valence-electron chi connectivity index (χ1n) is 9.38. The van der Waals surface area contributed by atoms with Gasteiger partial charge in [0.1, 0.15) is 11.3 Å². The van der Waals surface area contributed by atoms with Crippen molar-refractivity contribution in [1.82, 2.24) is 0 Å². The molecule has 0 atom stereocenters. The monoisotopic (exact) mass is 440 g/mol. The molecule has 1 aliphatic heterocycles. The van der Waals surface area contributed by atoms with Crippen molar-refractivity contribution in [3.8, 4) is 5.75 Å². The summed E-state index contributed by atoms with van der Waals surface area (Å²) in [6, 6.07) is 8.35. The lowest BCUT2D eigenvalue weighted by atomic mass is 10.1. The van der Waals surface area contributed by atoms with Gasteiger partial charge in [0.2, 0.25) is 0 Å². The molecule has 166 valence electrons.